The van der Waals surface area contributed by atoms with Gasteiger partial charge in [-0.15, -0.1) is 0 Å². The third-order valence-corrected chi connectivity index (χ3v) is 2.33. The smallest absolute Gasteiger partial charge is 0.311 e. The highest BCUT2D eigenvalue weighted by atomic mass is 16.6. The maximum absolute atomic E-state index is 10.9. The molecule has 1 aromatic rings. The lowest BCUT2D eigenvalue weighted by molar-refractivity contribution is -0.384. The minimum Gasteiger partial charge on any atom is -0.370 e. The fourth-order valence-corrected chi connectivity index (χ4v) is 1.47. The van der Waals surface area contributed by atoms with Crippen LogP contribution in [-0.4, -0.2) is 30.0 Å². The van der Waals surface area contributed by atoms with Crippen LogP contribution in [0.1, 0.15) is 13.3 Å². The molecule has 0 aliphatic carbocycles. The molecule has 0 aliphatic rings. The number of nitrogens with zero attached hydrogens (tertiary/aromatic N) is 4. The van der Waals surface area contributed by atoms with Crippen molar-refractivity contribution in [3.8, 4) is 6.07 Å². The maximum Gasteiger partial charge on any atom is 0.311 e. The van der Waals surface area contributed by atoms with Crippen LogP contribution in [0.3, 0.4) is 0 Å². The first kappa shape index (κ1) is 13.7. The minimum atomic E-state index is -0.471. The van der Waals surface area contributed by atoms with Gasteiger partial charge in [-0.05, 0) is 13.0 Å². The second-order valence-electron chi connectivity index (χ2n) is 3.66. The van der Waals surface area contributed by atoms with Gasteiger partial charge in [0.25, 0.3) is 0 Å². The van der Waals surface area contributed by atoms with Gasteiger partial charge < -0.3 is 10.2 Å². The largest absolute Gasteiger partial charge is 0.370 e. The van der Waals surface area contributed by atoms with E-state index in [1.165, 1.54) is 6.07 Å². The third-order valence-electron chi connectivity index (χ3n) is 2.33. The Kier molecular flexibility index (Phi) is 4.87. The normalized spacial score (nSPS) is 9.61. The van der Waals surface area contributed by atoms with Crippen molar-refractivity contribution in [3.63, 3.8) is 0 Å². The Morgan fingerprint density at radius 1 is 1.61 bits per heavy atom. The zero-order valence-corrected chi connectivity index (χ0v) is 10.4. The number of pyridine rings is 1. The number of nitriles is 1. The van der Waals surface area contributed by atoms with E-state index >= 15 is 0 Å². The minimum absolute atomic E-state index is 0.0582. The van der Waals surface area contributed by atoms with E-state index in [0.29, 0.717) is 25.3 Å². The molecule has 0 aliphatic heterocycles. The summed E-state index contributed by atoms with van der Waals surface area (Å²) in [6.07, 6.45) is 0.292. The second kappa shape index (κ2) is 6.39. The van der Waals surface area contributed by atoms with Crippen LogP contribution in [0.25, 0.3) is 0 Å². The zero-order valence-electron chi connectivity index (χ0n) is 10.4. The summed E-state index contributed by atoms with van der Waals surface area (Å²) < 4.78 is 0. The SMILES string of the molecule is CCNc1ccc([N+](=O)[O-])c(N(C)CCC#N)n1. The summed E-state index contributed by atoms with van der Waals surface area (Å²) >= 11 is 0. The Labute approximate surface area is 105 Å². The van der Waals surface area contributed by atoms with Crippen molar-refractivity contribution in [1.29, 1.82) is 5.26 Å². The summed E-state index contributed by atoms with van der Waals surface area (Å²) in [5, 5.41) is 22.5. The first-order valence-corrected chi connectivity index (χ1v) is 5.57. The number of rotatable bonds is 6. The third kappa shape index (κ3) is 3.31. The van der Waals surface area contributed by atoms with Gasteiger partial charge in [0, 0.05) is 26.2 Å². The molecule has 0 bridgehead atoms. The van der Waals surface area contributed by atoms with Crippen molar-refractivity contribution < 1.29 is 4.92 Å². The van der Waals surface area contributed by atoms with Gasteiger partial charge in [-0.25, -0.2) is 4.98 Å². The molecule has 96 valence electrons. The van der Waals surface area contributed by atoms with Crippen molar-refractivity contribution in [1.82, 2.24) is 4.98 Å². The second-order valence-corrected chi connectivity index (χ2v) is 3.66. The summed E-state index contributed by atoms with van der Waals surface area (Å²) in [7, 11) is 1.68. The molecule has 1 aromatic heterocycles. The molecule has 0 fully saturated rings. The van der Waals surface area contributed by atoms with Crippen molar-refractivity contribution in [2.24, 2.45) is 0 Å². The molecule has 0 amide bonds. The van der Waals surface area contributed by atoms with E-state index in [1.807, 2.05) is 13.0 Å². The maximum atomic E-state index is 10.9. The molecular formula is C11H15N5O2. The summed E-state index contributed by atoms with van der Waals surface area (Å²) in [5.74, 6) is 0.857. The summed E-state index contributed by atoms with van der Waals surface area (Å²) in [6, 6.07) is 4.99. The molecule has 1 N–H and O–H groups in total. The number of nitro groups is 1. The van der Waals surface area contributed by atoms with Gasteiger partial charge in [0.2, 0.25) is 5.82 Å². The number of hydrogen-bond acceptors (Lipinski definition) is 6. The first-order chi connectivity index (χ1) is 8.60. The van der Waals surface area contributed by atoms with E-state index in [-0.39, 0.29) is 11.5 Å². The Hall–Kier alpha value is -2.36. The highest BCUT2D eigenvalue weighted by Gasteiger charge is 2.19. The Balaban J connectivity index is 3.06. The van der Waals surface area contributed by atoms with Crippen LogP contribution >= 0.6 is 0 Å². The van der Waals surface area contributed by atoms with Crippen molar-refractivity contribution in [3.05, 3.63) is 22.2 Å². The average molecular weight is 249 g/mol. The molecule has 0 unspecified atom stereocenters. The fraction of sp³-hybridized carbons (Fsp3) is 0.455. The van der Waals surface area contributed by atoms with Gasteiger partial charge in [-0.1, -0.05) is 0 Å². The summed E-state index contributed by atoms with van der Waals surface area (Å²) in [6.45, 7) is 3.01. The zero-order chi connectivity index (χ0) is 13.5. The van der Waals surface area contributed by atoms with Gasteiger partial charge in [0.1, 0.15) is 5.82 Å². The molecule has 0 radical (unpaired) electrons. The topological polar surface area (TPSA) is 95.1 Å². The number of hydrogen-bond donors (Lipinski definition) is 1. The average Bonchev–Trinajstić information content (AvgIpc) is 2.36. The van der Waals surface area contributed by atoms with Crippen LogP contribution in [0.15, 0.2) is 12.1 Å². The van der Waals surface area contributed by atoms with E-state index in [2.05, 4.69) is 10.3 Å². The lowest BCUT2D eigenvalue weighted by Crippen LogP contribution is -2.21. The van der Waals surface area contributed by atoms with Crippen LogP contribution in [-0.2, 0) is 0 Å². The molecule has 1 rings (SSSR count). The van der Waals surface area contributed by atoms with E-state index in [9.17, 15) is 10.1 Å². The monoisotopic (exact) mass is 249 g/mol. The summed E-state index contributed by atoms with van der Waals surface area (Å²) in [4.78, 5) is 16.3. The molecule has 1 heterocycles. The Morgan fingerprint density at radius 3 is 2.89 bits per heavy atom. The molecule has 7 nitrogen and oxygen atoms in total. The Bertz CT molecular complexity index is 469. The highest BCUT2D eigenvalue weighted by Crippen LogP contribution is 2.26. The van der Waals surface area contributed by atoms with Crippen molar-refractivity contribution in [2.45, 2.75) is 13.3 Å². The van der Waals surface area contributed by atoms with E-state index in [0.717, 1.165) is 0 Å². The van der Waals surface area contributed by atoms with Crippen molar-refractivity contribution in [2.75, 3.05) is 30.4 Å². The standard InChI is InChI=1S/C11H15N5O2/c1-3-13-10-6-5-9(16(17)18)11(14-10)15(2)8-4-7-12/h5-6H,3-4,8H2,1-2H3,(H,13,14). The fourth-order valence-electron chi connectivity index (χ4n) is 1.47. The Morgan fingerprint density at radius 2 is 2.33 bits per heavy atom. The van der Waals surface area contributed by atoms with Gasteiger partial charge >= 0.3 is 5.69 Å². The van der Waals surface area contributed by atoms with Gasteiger partial charge in [0.15, 0.2) is 0 Å². The van der Waals surface area contributed by atoms with E-state index in [1.54, 1.807) is 18.0 Å². The molecule has 18 heavy (non-hydrogen) atoms. The van der Waals surface area contributed by atoms with Crippen LogP contribution in [0, 0.1) is 21.4 Å². The van der Waals surface area contributed by atoms with Crippen molar-refractivity contribution >= 4 is 17.3 Å². The predicted molar refractivity (Wildman–Crippen MR) is 68.6 cm³/mol. The highest BCUT2D eigenvalue weighted by molar-refractivity contribution is 5.61. The van der Waals surface area contributed by atoms with Crippen LogP contribution < -0.4 is 10.2 Å². The van der Waals surface area contributed by atoms with E-state index in [4.69, 9.17) is 5.26 Å². The van der Waals surface area contributed by atoms with Gasteiger partial charge in [-0.2, -0.15) is 5.26 Å². The summed E-state index contributed by atoms with van der Waals surface area (Å²) in [5.41, 5.74) is -0.0582. The molecule has 0 spiro atoms. The predicted octanol–water partition coefficient (Wildman–Crippen LogP) is 1.77. The number of nitrogens with one attached hydrogen (secondary N) is 1. The number of aromatic nitrogens is 1. The molecule has 0 saturated heterocycles. The van der Waals surface area contributed by atoms with Crippen LogP contribution in [0.4, 0.5) is 17.3 Å². The lowest BCUT2D eigenvalue weighted by atomic mass is 10.3. The lowest BCUT2D eigenvalue weighted by Gasteiger charge is -2.17. The quantitative estimate of drug-likeness (QED) is 0.609. The molecule has 0 aromatic carbocycles. The van der Waals surface area contributed by atoms with Gasteiger partial charge in [-0.3, -0.25) is 10.1 Å². The number of anilines is 2. The van der Waals surface area contributed by atoms with Crippen LogP contribution in [0.2, 0.25) is 0 Å². The first-order valence-electron chi connectivity index (χ1n) is 5.57. The molecular weight excluding hydrogens is 234 g/mol. The van der Waals surface area contributed by atoms with Gasteiger partial charge in [0.05, 0.1) is 17.4 Å². The van der Waals surface area contributed by atoms with E-state index < -0.39 is 4.92 Å². The molecule has 0 saturated carbocycles. The molecule has 0 atom stereocenters. The van der Waals surface area contributed by atoms with Crippen LogP contribution in [0.5, 0.6) is 0 Å². The molecule has 7 heteroatoms.